The van der Waals surface area contributed by atoms with Crippen molar-refractivity contribution in [2.24, 2.45) is 0 Å². The Hall–Kier alpha value is -7.62. The molecule has 0 saturated carbocycles. The van der Waals surface area contributed by atoms with Crippen LogP contribution in [-0.2, 0) is 10.8 Å². The molecule has 4 aliphatic rings. The van der Waals surface area contributed by atoms with E-state index < -0.39 is 5.41 Å². The third kappa shape index (κ3) is 4.63. The molecule has 0 amide bonds. The van der Waals surface area contributed by atoms with Crippen molar-refractivity contribution in [1.29, 1.82) is 0 Å². The summed E-state index contributed by atoms with van der Waals surface area (Å²) in [6.07, 6.45) is 0. The van der Waals surface area contributed by atoms with Gasteiger partial charge in [0.05, 0.1) is 11.1 Å². The lowest BCUT2D eigenvalue weighted by Crippen LogP contribution is -2.25. The molecule has 0 N–H and O–H groups in total. The van der Waals surface area contributed by atoms with Crippen LogP contribution in [0.2, 0.25) is 0 Å². The Kier molecular flexibility index (Phi) is 6.99. The van der Waals surface area contributed by atoms with E-state index in [2.05, 4.69) is 213 Å². The van der Waals surface area contributed by atoms with Crippen molar-refractivity contribution in [3.8, 4) is 67.5 Å². The molecule has 0 unspecified atom stereocenters. The lowest BCUT2D eigenvalue weighted by atomic mass is 9.70. The normalized spacial score (nSPS) is 14.6. The first-order valence-corrected chi connectivity index (χ1v) is 21.2. The molecule has 13 rings (SSSR count). The van der Waals surface area contributed by atoms with Crippen LogP contribution in [0.5, 0.6) is 23.0 Å². The Balaban J connectivity index is 0.948. The smallest absolute Gasteiger partial charge is 0.194 e. The molecule has 9 aromatic carbocycles. The third-order valence-electron chi connectivity index (χ3n) is 13.7. The van der Waals surface area contributed by atoms with E-state index in [1.807, 2.05) is 6.07 Å². The molecule has 9 aromatic rings. The van der Waals surface area contributed by atoms with Crippen LogP contribution >= 0.6 is 0 Å². The molecule has 0 bridgehead atoms. The van der Waals surface area contributed by atoms with Crippen LogP contribution in [0.15, 0.2) is 200 Å². The van der Waals surface area contributed by atoms with Gasteiger partial charge in [-0.1, -0.05) is 159 Å². The minimum atomic E-state index is -0.483. The summed E-state index contributed by atoms with van der Waals surface area (Å²) in [5.74, 6) is 2.78. The molecular formula is C58H39NO2. The van der Waals surface area contributed by atoms with Gasteiger partial charge >= 0.3 is 0 Å². The van der Waals surface area contributed by atoms with Crippen LogP contribution in [-0.4, -0.2) is 0 Å². The van der Waals surface area contributed by atoms with Gasteiger partial charge in [-0.25, -0.2) is 0 Å². The first-order chi connectivity index (χ1) is 30.0. The Morgan fingerprint density at radius 3 is 1.59 bits per heavy atom. The van der Waals surface area contributed by atoms with Crippen molar-refractivity contribution < 1.29 is 9.47 Å². The van der Waals surface area contributed by atoms with Gasteiger partial charge in [0.1, 0.15) is 0 Å². The van der Waals surface area contributed by atoms with Gasteiger partial charge in [0.2, 0.25) is 0 Å². The van der Waals surface area contributed by atoms with E-state index in [4.69, 9.17) is 9.47 Å². The second kappa shape index (κ2) is 12.5. The molecule has 3 aliphatic carbocycles. The second-order valence-corrected chi connectivity index (χ2v) is 17.2. The van der Waals surface area contributed by atoms with E-state index in [0.717, 1.165) is 22.6 Å². The number of rotatable bonds is 4. The van der Waals surface area contributed by atoms with Crippen molar-refractivity contribution in [1.82, 2.24) is 0 Å². The number of hydrogen-bond donors (Lipinski definition) is 0. The molecule has 1 heterocycles. The number of fused-ring (bicyclic) bond motifs is 15. The van der Waals surface area contributed by atoms with Crippen molar-refractivity contribution >= 4 is 17.1 Å². The van der Waals surface area contributed by atoms with E-state index in [9.17, 15) is 0 Å². The fourth-order valence-electron chi connectivity index (χ4n) is 11.1. The number of para-hydroxylation sites is 2. The summed E-state index contributed by atoms with van der Waals surface area (Å²) in [5.41, 5.74) is 20.2. The minimum Gasteiger partial charge on any atom is -0.449 e. The van der Waals surface area contributed by atoms with Crippen LogP contribution in [0.25, 0.3) is 44.5 Å². The number of ether oxygens (including phenoxy) is 2. The van der Waals surface area contributed by atoms with Crippen LogP contribution < -0.4 is 14.4 Å². The fraction of sp³-hybridized carbons (Fsp3) is 0.0690. The lowest BCUT2D eigenvalue weighted by molar-refractivity contribution is 0.360. The maximum atomic E-state index is 7.19. The first-order valence-electron chi connectivity index (χ1n) is 21.2. The number of benzene rings is 9. The van der Waals surface area contributed by atoms with Crippen LogP contribution in [0.3, 0.4) is 0 Å². The highest BCUT2D eigenvalue weighted by atomic mass is 16.6. The molecule has 0 aromatic heterocycles. The highest BCUT2D eigenvalue weighted by Crippen LogP contribution is 2.65. The molecule has 3 nitrogen and oxygen atoms in total. The monoisotopic (exact) mass is 781 g/mol. The molecule has 1 aliphatic heterocycles. The summed E-state index contributed by atoms with van der Waals surface area (Å²) in [6, 6.07) is 72.5. The molecule has 3 heteroatoms. The average Bonchev–Trinajstić information content (AvgIpc) is 3.86. The van der Waals surface area contributed by atoms with Gasteiger partial charge in [-0.05, 0) is 132 Å². The molecule has 288 valence electrons. The summed E-state index contributed by atoms with van der Waals surface area (Å²) in [6.45, 7) is 4.68. The van der Waals surface area contributed by atoms with Gasteiger partial charge in [0.25, 0.3) is 0 Å². The zero-order valence-electron chi connectivity index (χ0n) is 33.8. The van der Waals surface area contributed by atoms with Crippen LogP contribution in [0.1, 0.15) is 47.2 Å². The minimum absolute atomic E-state index is 0.0839. The van der Waals surface area contributed by atoms with E-state index >= 15 is 0 Å². The highest BCUT2D eigenvalue weighted by Gasteiger charge is 2.52. The lowest BCUT2D eigenvalue weighted by Gasteiger charge is -2.32. The van der Waals surface area contributed by atoms with Gasteiger partial charge in [0.15, 0.2) is 23.0 Å². The number of anilines is 3. The predicted molar refractivity (Wildman–Crippen MR) is 247 cm³/mol. The zero-order valence-corrected chi connectivity index (χ0v) is 33.8. The van der Waals surface area contributed by atoms with Gasteiger partial charge in [-0.15, -0.1) is 0 Å². The van der Waals surface area contributed by atoms with Crippen molar-refractivity contribution in [3.05, 3.63) is 234 Å². The zero-order chi connectivity index (χ0) is 40.5. The molecular weight excluding hydrogens is 743 g/mol. The number of hydrogen-bond acceptors (Lipinski definition) is 3. The Labute approximate surface area is 355 Å². The average molecular weight is 782 g/mol. The van der Waals surface area contributed by atoms with Crippen molar-refractivity contribution in [3.63, 3.8) is 0 Å². The van der Waals surface area contributed by atoms with Crippen LogP contribution in [0.4, 0.5) is 17.1 Å². The van der Waals surface area contributed by atoms with Gasteiger partial charge in [0, 0.05) is 16.8 Å². The predicted octanol–water partition coefficient (Wildman–Crippen LogP) is 15.4. The third-order valence-corrected chi connectivity index (χ3v) is 13.7. The molecule has 61 heavy (non-hydrogen) atoms. The Morgan fingerprint density at radius 2 is 0.885 bits per heavy atom. The maximum Gasteiger partial charge on any atom is 0.194 e. The Morgan fingerprint density at radius 1 is 0.344 bits per heavy atom. The second-order valence-electron chi connectivity index (χ2n) is 17.2. The SMILES string of the molecule is CC1(C)c2ccccc2-c2ccc(-c3cccc(N(c4ccccc4)c4cccc5c4Oc4cc6c(cc4O5)-c4ccccc4C64c5ccccc5-c5ccccc54)c3)cc21. The van der Waals surface area contributed by atoms with E-state index in [1.54, 1.807) is 0 Å². The van der Waals surface area contributed by atoms with Crippen LogP contribution in [0, 0.1) is 0 Å². The van der Waals surface area contributed by atoms with Gasteiger partial charge < -0.3 is 14.4 Å². The summed E-state index contributed by atoms with van der Waals surface area (Å²) in [4.78, 5) is 2.29. The summed E-state index contributed by atoms with van der Waals surface area (Å²) < 4.78 is 14.1. The van der Waals surface area contributed by atoms with Gasteiger partial charge in [-0.2, -0.15) is 0 Å². The number of nitrogens with zero attached hydrogens (tertiary/aromatic N) is 1. The highest BCUT2D eigenvalue weighted by molar-refractivity contribution is 5.96. The maximum absolute atomic E-state index is 7.19. The Bertz CT molecular complexity index is 3260. The fourth-order valence-corrected chi connectivity index (χ4v) is 11.1. The van der Waals surface area contributed by atoms with Crippen molar-refractivity contribution in [2.45, 2.75) is 24.7 Å². The molecule has 0 radical (unpaired) electrons. The summed E-state index contributed by atoms with van der Waals surface area (Å²) >= 11 is 0. The molecule has 1 spiro atoms. The largest absolute Gasteiger partial charge is 0.449 e. The topological polar surface area (TPSA) is 21.7 Å². The standard InChI is InChI=1S/C58H39NO2/c1-57(2)46-24-10-6-20-40(46)44-31-30-37(33-50(44)57)36-16-14-19-39(32-36)59(38-17-4-3-5-18-38)52-28-15-29-53-56(52)61-55-35-51-45(34-54(55)60-53)43-23-9-13-27-49(43)58(51)47-25-11-7-21-41(47)42-22-8-12-26-48(42)58/h3-35H,1-2H3. The molecule has 0 fully saturated rings. The van der Waals surface area contributed by atoms with E-state index in [1.165, 1.54) is 72.3 Å². The first kappa shape index (κ1) is 34.3. The van der Waals surface area contributed by atoms with Gasteiger partial charge in [-0.3, -0.25) is 0 Å². The molecule has 0 atom stereocenters. The van der Waals surface area contributed by atoms with E-state index in [-0.39, 0.29) is 5.41 Å². The summed E-state index contributed by atoms with van der Waals surface area (Å²) in [5, 5.41) is 0. The molecule has 0 saturated heterocycles. The quantitative estimate of drug-likeness (QED) is 0.177. The van der Waals surface area contributed by atoms with E-state index in [0.29, 0.717) is 23.0 Å². The summed E-state index contributed by atoms with van der Waals surface area (Å²) in [7, 11) is 0. The van der Waals surface area contributed by atoms with Crippen molar-refractivity contribution in [2.75, 3.05) is 4.90 Å².